The maximum atomic E-state index is 12.8. The minimum absolute atomic E-state index is 0.0520. The molecule has 3 N–H and O–H groups in total. The highest BCUT2D eigenvalue weighted by Crippen LogP contribution is 2.46. The van der Waals surface area contributed by atoms with E-state index in [4.69, 9.17) is 0 Å². The predicted octanol–water partition coefficient (Wildman–Crippen LogP) is 1.66. The summed E-state index contributed by atoms with van der Waals surface area (Å²) in [7, 11) is 0. The number of carbonyl (C=O) groups is 2. The molecule has 30 heavy (non-hydrogen) atoms. The Hall–Kier alpha value is -3.21. The van der Waals surface area contributed by atoms with E-state index >= 15 is 0 Å². The van der Waals surface area contributed by atoms with Crippen molar-refractivity contribution >= 4 is 11.8 Å². The molecule has 2 amide bonds. The monoisotopic (exact) mass is 421 g/mol. The van der Waals surface area contributed by atoms with E-state index in [1.165, 1.54) is 36.7 Å². The van der Waals surface area contributed by atoms with Gasteiger partial charge in [0.05, 0.1) is 18.0 Å². The van der Waals surface area contributed by atoms with E-state index < -0.39 is 24.1 Å². The summed E-state index contributed by atoms with van der Waals surface area (Å²) in [6, 6.07) is 6.26. The molecule has 2 aromatic rings. The fraction of sp³-hybridized carbons (Fsp3) is 0.368. The Morgan fingerprint density at radius 1 is 1.17 bits per heavy atom. The van der Waals surface area contributed by atoms with Crippen molar-refractivity contribution in [2.75, 3.05) is 0 Å². The van der Waals surface area contributed by atoms with Crippen molar-refractivity contribution in [3.8, 4) is 5.75 Å². The minimum Gasteiger partial charge on any atom is -0.406 e. The van der Waals surface area contributed by atoms with Gasteiger partial charge in [-0.05, 0) is 36.6 Å². The molecule has 2 atom stereocenters. The quantitative estimate of drug-likeness (QED) is 0.678. The van der Waals surface area contributed by atoms with Crippen LogP contribution in [0.15, 0.2) is 42.7 Å². The second-order valence-electron chi connectivity index (χ2n) is 7.17. The zero-order valence-electron chi connectivity index (χ0n) is 15.6. The van der Waals surface area contributed by atoms with Gasteiger partial charge in [-0.2, -0.15) is 0 Å². The maximum absolute atomic E-state index is 12.8. The largest absolute Gasteiger partial charge is 0.573 e. The summed E-state index contributed by atoms with van der Waals surface area (Å²) >= 11 is 0. The maximum Gasteiger partial charge on any atom is 0.573 e. The van der Waals surface area contributed by atoms with Gasteiger partial charge in [0.25, 0.3) is 0 Å². The first-order chi connectivity index (χ1) is 14.2. The van der Waals surface area contributed by atoms with Crippen molar-refractivity contribution in [3.05, 3.63) is 54.1 Å². The van der Waals surface area contributed by atoms with Gasteiger partial charge in [0.1, 0.15) is 11.9 Å². The molecule has 1 saturated heterocycles. The standard InChI is InChI=1S/C19H18F3N5O3/c20-19(21,22)30-12-4-2-11(3-5-12)18(6-7-18)27-17(29)13-10-14(28)26-16(25-13)15-23-8-1-9-24-15/h1-5,8-9,13,16,25H,6-7,10H2,(H,26,28)(H,27,29). The van der Waals surface area contributed by atoms with Gasteiger partial charge in [-0.3, -0.25) is 14.9 Å². The van der Waals surface area contributed by atoms with Gasteiger partial charge in [-0.15, -0.1) is 13.2 Å². The van der Waals surface area contributed by atoms with E-state index in [0.29, 0.717) is 24.2 Å². The van der Waals surface area contributed by atoms with Gasteiger partial charge in [0.15, 0.2) is 5.82 Å². The summed E-state index contributed by atoms with van der Waals surface area (Å²) < 4.78 is 40.9. The normalized spacial score (nSPS) is 22.7. The van der Waals surface area contributed by atoms with Crippen LogP contribution in [0.25, 0.3) is 0 Å². The molecule has 4 rings (SSSR count). The van der Waals surface area contributed by atoms with Gasteiger partial charge >= 0.3 is 6.36 Å². The van der Waals surface area contributed by atoms with Crippen LogP contribution in [-0.2, 0) is 15.1 Å². The van der Waals surface area contributed by atoms with E-state index in [-0.39, 0.29) is 24.0 Å². The number of carbonyl (C=O) groups excluding carboxylic acids is 2. The van der Waals surface area contributed by atoms with E-state index in [0.717, 1.165) is 0 Å². The molecule has 2 unspecified atom stereocenters. The molecule has 1 aromatic carbocycles. The van der Waals surface area contributed by atoms with Crippen molar-refractivity contribution in [2.24, 2.45) is 0 Å². The third-order valence-electron chi connectivity index (χ3n) is 4.98. The van der Waals surface area contributed by atoms with Crippen molar-refractivity contribution in [3.63, 3.8) is 0 Å². The average Bonchev–Trinajstić information content (AvgIpc) is 3.48. The summed E-state index contributed by atoms with van der Waals surface area (Å²) in [4.78, 5) is 33.1. The Morgan fingerprint density at radius 2 is 1.83 bits per heavy atom. The Kier molecular flexibility index (Phi) is 5.06. The summed E-state index contributed by atoms with van der Waals surface area (Å²) in [6.45, 7) is 0. The van der Waals surface area contributed by atoms with E-state index in [1.807, 2.05) is 0 Å². The van der Waals surface area contributed by atoms with Crippen LogP contribution in [-0.4, -0.2) is 34.2 Å². The Labute approximate surface area is 169 Å². The van der Waals surface area contributed by atoms with Gasteiger partial charge in [0, 0.05) is 12.4 Å². The number of nitrogens with one attached hydrogen (secondary N) is 3. The molecule has 2 fully saturated rings. The van der Waals surface area contributed by atoms with Crippen LogP contribution < -0.4 is 20.7 Å². The van der Waals surface area contributed by atoms with Crippen molar-refractivity contribution in [2.45, 2.75) is 43.4 Å². The highest BCUT2D eigenvalue weighted by atomic mass is 19.4. The lowest BCUT2D eigenvalue weighted by atomic mass is 10.0. The number of ether oxygens (including phenoxy) is 1. The smallest absolute Gasteiger partial charge is 0.406 e. The van der Waals surface area contributed by atoms with Crippen LogP contribution in [0.2, 0.25) is 0 Å². The molecule has 1 aromatic heterocycles. The Balaban J connectivity index is 1.43. The molecule has 0 bridgehead atoms. The molecule has 0 spiro atoms. The van der Waals surface area contributed by atoms with Gasteiger partial charge in [-0.25, -0.2) is 9.97 Å². The summed E-state index contributed by atoms with van der Waals surface area (Å²) in [6.07, 6.45) is -1.17. The molecule has 1 saturated carbocycles. The van der Waals surface area contributed by atoms with Gasteiger partial charge in [-0.1, -0.05) is 12.1 Å². The van der Waals surface area contributed by atoms with Crippen LogP contribution in [0.5, 0.6) is 5.75 Å². The average molecular weight is 421 g/mol. The number of nitrogens with zero attached hydrogens (tertiary/aromatic N) is 2. The molecule has 11 heteroatoms. The number of halogens is 3. The first-order valence-corrected chi connectivity index (χ1v) is 9.25. The highest BCUT2D eigenvalue weighted by molar-refractivity contribution is 5.90. The predicted molar refractivity (Wildman–Crippen MR) is 96.6 cm³/mol. The van der Waals surface area contributed by atoms with Crippen molar-refractivity contribution < 1.29 is 27.5 Å². The molecule has 2 aliphatic rings. The summed E-state index contributed by atoms with van der Waals surface area (Å²) in [5.74, 6) is -0.682. The molecule has 1 aliphatic carbocycles. The zero-order valence-corrected chi connectivity index (χ0v) is 15.6. The van der Waals surface area contributed by atoms with Crippen LogP contribution in [0.4, 0.5) is 13.2 Å². The molecule has 2 heterocycles. The van der Waals surface area contributed by atoms with Gasteiger partial charge < -0.3 is 15.4 Å². The number of benzene rings is 1. The van der Waals surface area contributed by atoms with Crippen molar-refractivity contribution in [1.29, 1.82) is 0 Å². The van der Waals surface area contributed by atoms with Gasteiger partial charge in [0.2, 0.25) is 11.8 Å². The molecule has 158 valence electrons. The van der Waals surface area contributed by atoms with Crippen LogP contribution in [0.1, 0.15) is 36.8 Å². The van der Waals surface area contributed by atoms with Crippen LogP contribution in [0.3, 0.4) is 0 Å². The third kappa shape index (κ3) is 4.51. The van der Waals surface area contributed by atoms with Crippen molar-refractivity contribution in [1.82, 2.24) is 25.9 Å². The number of aromatic nitrogens is 2. The Morgan fingerprint density at radius 3 is 2.43 bits per heavy atom. The number of rotatable bonds is 5. The highest BCUT2D eigenvalue weighted by Gasteiger charge is 2.47. The van der Waals surface area contributed by atoms with E-state index in [2.05, 4.69) is 30.7 Å². The lowest BCUT2D eigenvalue weighted by Gasteiger charge is -2.31. The summed E-state index contributed by atoms with van der Waals surface area (Å²) in [5.41, 5.74) is 0.0101. The molecular formula is C19H18F3N5O3. The topological polar surface area (TPSA) is 105 Å². The fourth-order valence-corrected chi connectivity index (χ4v) is 3.38. The van der Waals surface area contributed by atoms with E-state index in [9.17, 15) is 22.8 Å². The second kappa shape index (κ2) is 7.56. The molecular weight excluding hydrogens is 403 g/mol. The number of hydrogen-bond acceptors (Lipinski definition) is 6. The number of alkyl halides is 3. The van der Waals surface area contributed by atoms with Crippen LogP contribution in [0, 0.1) is 0 Å². The Bertz CT molecular complexity index is 933. The third-order valence-corrected chi connectivity index (χ3v) is 4.98. The van der Waals surface area contributed by atoms with E-state index in [1.54, 1.807) is 6.07 Å². The lowest BCUT2D eigenvalue weighted by molar-refractivity contribution is -0.274. The first-order valence-electron chi connectivity index (χ1n) is 9.25. The SMILES string of the molecule is O=C1CC(C(=O)NC2(c3ccc(OC(F)(F)F)cc3)CC2)NC(c2ncccn2)N1. The first kappa shape index (κ1) is 20.1. The lowest BCUT2D eigenvalue weighted by Crippen LogP contribution is -2.57. The fourth-order valence-electron chi connectivity index (χ4n) is 3.38. The van der Waals surface area contributed by atoms with Crippen LogP contribution >= 0.6 is 0 Å². The second-order valence-corrected chi connectivity index (χ2v) is 7.17. The number of amides is 2. The molecule has 0 radical (unpaired) electrons. The molecule has 1 aliphatic heterocycles. The summed E-state index contributed by atoms with van der Waals surface area (Å²) in [5, 5.41) is 8.64. The minimum atomic E-state index is -4.76. The molecule has 8 nitrogen and oxygen atoms in total. The zero-order chi connectivity index (χ0) is 21.4. The number of hydrogen-bond donors (Lipinski definition) is 3.